The Balaban J connectivity index is 1.86. The number of hydrogen-bond acceptors (Lipinski definition) is 6. The van der Waals surface area contributed by atoms with E-state index in [-0.39, 0.29) is 12.6 Å². The van der Waals surface area contributed by atoms with Crippen LogP contribution in [0.5, 0.6) is 5.88 Å². The zero-order valence-corrected chi connectivity index (χ0v) is 18.2. The molecule has 2 N–H and O–H groups in total. The summed E-state index contributed by atoms with van der Waals surface area (Å²) in [6.07, 6.45) is 6.68. The Morgan fingerprint density at radius 3 is 2.80 bits per heavy atom. The summed E-state index contributed by atoms with van der Waals surface area (Å²) in [6.45, 7) is 11.2. The third-order valence-electron chi connectivity index (χ3n) is 5.69. The van der Waals surface area contributed by atoms with Gasteiger partial charge in [0.25, 0.3) is 0 Å². The number of hydrogen-bond donors (Lipinski definition) is 2. The predicted molar refractivity (Wildman–Crippen MR) is 114 cm³/mol. The molecule has 7 heteroatoms. The molecule has 1 aromatic rings. The van der Waals surface area contributed by atoms with Crippen molar-refractivity contribution < 1.29 is 24.4 Å². The highest BCUT2D eigenvalue weighted by Crippen LogP contribution is 2.32. The zero-order valence-electron chi connectivity index (χ0n) is 18.2. The van der Waals surface area contributed by atoms with Gasteiger partial charge in [0.2, 0.25) is 12.2 Å². The molecule has 2 aliphatic heterocycles. The number of ether oxygens (including phenoxy) is 3. The molecule has 3 heterocycles. The van der Waals surface area contributed by atoms with Crippen LogP contribution in [-0.4, -0.2) is 58.3 Å². The maximum Gasteiger partial charge on any atom is 0.238 e. The van der Waals surface area contributed by atoms with Crippen LogP contribution in [0.25, 0.3) is 0 Å². The van der Waals surface area contributed by atoms with Crippen molar-refractivity contribution in [2.24, 2.45) is 0 Å². The minimum absolute atomic E-state index is 0.145. The number of nitrogens with zero attached hydrogens (tertiary/aromatic N) is 2. The van der Waals surface area contributed by atoms with E-state index in [4.69, 9.17) is 19.3 Å². The Hall–Kier alpha value is -1.93. The summed E-state index contributed by atoms with van der Waals surface area (Å²) in [5.74, 6) is 0.521. The highest BCUT2D eigenvalue weighted by atomic mass is 16.7. The van der Waals surface area contributed by atoms with Gasteiger partial charge in [-0.15, -0.1) is 5.10 Å². The van der Waals surface area contributed by atoms with E-state index in [0.29, 0.717) is 31.7 Å². The lowest BCUT2D eigenvalue weighted by Crippen LogP contribution is -2.40. The summed E-state index contributed by atoms with van der Waals surface area (Å²) in [4.78, 5) is 0. The molecule has 0 spiro atoms. The second-order valence-electron chi connectivity index (χ2n) is 8.25. The molecule has 0 radical (unpaired) electrons. The molecule has 2 saturated heterocycles. The van der Waals surface area contributed by atoms with Crippen molar-refractivity contribution in [2.45, 2.75) is 71.0 Å². The van der Waals surface area contributed by atoms with E-state index in [1.54, 1.807) is 0 Å². The Labute approximate surface area is 178 Å². The summed E-state index contributed by atoms with van der Waals surface area (Å²) in [7, 11) is 0. The first kappa shape index (κ1) is 22.7. The van der Waals surface area contributed by atoms with E-state index in [9.17, 15) is 10.2 Å². The van der Waals surface area contributed by atoms with Crippen LogP contribution in [0.4, 0.5) is 0 Å². The van der Waals surface area contributed by atoms with E-state index in [2.05, 4.69) is 26.5 Å². The SMILES string of the molecule is C=C/C(C)=C\C=C(/C)Cc1c(OC2CC(O)CC(CO)O2)nn(C2CCOC2)c1C. The van der Waals surface area contributed by atoms with Crippen molar-refractivity contribution >= 4 is 0 Å². The van der Waals surface area contributed by atoms with Gasteiger partial charge in [-0.25, -0.2) is 0 Å². The monoisotopic (exact) mass is 418 g/mol. The summed E-state index contributed by atoms with van der Waals surface area (Å²) < 4.78 is 19.5. The van der Waals surface area contributed by atoms with Gasteiger partial charge in [-0.2, -0.15) is 0 Å². The topological polar surface area (TPSA) is 86.0 Å². The lowest BCUT2D eigenvalue weighted by molar-refractivity contribution is -0.186. The van der Waals surface area contributed by atoms with Gasteiger partial charge in [-0.3, -0.25) is 4.68 Å². The third-order valence-corrected chi connectivity index (χ3v) is 5.69. The fraction of sp³-hybridized carbons (Fsp3) is 0.609. The summed E-state index contributed by atoms with van der Waals surface area (Å²) in [6, 6.07) is 0.191. The van der Waals surface area contributed by atoms with E-state index in [1.807, 2.05) is 23.8 Å². The first-order chi connectivity index (χ1) is 14.4. The van der Waals surface area contributed by atoms with E-state index in [0.717, 1.165) is 29.9 Å². The first-order valence-corrected chi connectivity index (χ1v) is 10.6. The maximum atomic E-state index is 10.1. The summed E-state index contributed by atoms with van der Waals surface area (Å²) in [5, 5.41) is 24.3. The highest BCUT2D eigenvalue weighted by molar-refractivity contribution is 5.36. The molecular formula is C23H34N2O5. The minimum Gasteiger partial charge on any atom is -0.446 e. The fourth-order valence-corrected chi connectivity index (χ4v) is 3.84. The van der Waals surface area contributed by atoms with Gasteiger partial charge in [0, 0.05) is 37.1 Å². The number of allylic oxidation sites excluding steroid dienone is 5. The molecular weight excluding hydrogens is 384 g/mol. The van der Waals surface area contributed by atoms with Crippen LogP contribution in [0.2, 0.25) is 0 Å². The molecule has 3 rings (SSSR count). The number of rotatable bonds is 8. The molecule has 0 amide bonds. The van der Waals surface area contributed by atoms with Crippen molar-refractivity contribution in [1.82, 2.24) is 9.78 Å². The molecule has 7 nitrogen and oxygen atoms in total. The molecule has 2 aliphatic rings. The van der Waals surface area contributed by atoms with Crippen LogP contribution in [0.1, 0.15) is 50.4 Å². The van der Waals surface area contributed by atoms with Crippen molar-refractivity contribution in [3.63, 3.8) is 0 Å². The molecule has 0 aromatic carbocycles. The van der Waals surface area contributed by atoms with Gasteiger partial charge in [0.1, 0.15) is 0 Å². The van der Waals surface area contributed by atoms with Crippen molar-refractivity contribution in [1.29, 1.82) is 0 Å². The van der Waals surface area contributed by atoms with Gasteiger partial charge < -0.3 is 24.4 Å². The van der Waals surface area contributed by atoms with Gasteiger partial charge >= 0.3 is 0 Å². The molecule has 0 aliphatic carbocycles. The van der Waals surface area contributed by atoms with Gasteiger partial charge in [0.15, 0.2) is 0 Å². The summed E-state index contributed by atoms with van der Waals surface area (Å²) >= 11 is 0. The van der Waals surface area contributed by atoms with E-state index >= 15 is 0 Å². The Morgan fingerprint density at radius 1 is 1.33 bits per heavy atom. The molecule has 166 valence electrons. The number of aromatic nitrogens is 2. The summed E-state index contributed by atoms with van der Waals surface area (Å²) in [5.41, 5.74) is 4.32. The number of aliphatic hydroxyl groups excluding tert-OH is 2. The largest absolute Gasteiger partial charge is 0.446 e. The molecule has 1 aromatic heterocycles. The van der Waals surface area contributed by atoms with Crippen molar-refractivity contribution in [3.05, 3.63) is 47.2 Å². The second-order valence-corrected chi connectivity index (χ2v) is 8.25. The van der Waals surface area contributed by atoms with Crippen LogP contribution in [0.15, 0.2) is 36.0 Å². The smallest absolute Gasteiger partial charge is 0.238 e. The molecule has 2 fully saturated rings. The first-order valence-electron chi connectivity index (χ1n) is 10.6. The minimum atomic E-state index is -0.639. The average Bonchev–Trinajstić information content (AvgIpc) is 3.35. The average molecular weight is 419 g/mol. The van der Waals surface area contributed by atoms with Crippen molar-refractivity contribution in [2.75, 3.05) is 19.8 Å². The maximum absolute atomic E-state index is 10.1. The predicted octanol–water partition coefficient (Wildman–Crippen LogP) is 3.01. The molecule has 0 bridgehead atoms. The molecule has 30 heavy (non-hydrogen) atoms. The zero-order chi connectivity index (χ0) is 21.7. The van der Waals surface area contributed by atoms with Crippen LogP contribution in [-0.2, 0) is 15.9 Å². The number of aliphatic hydroxyl groups is 2. The Kier molecular flexibility index (Phi) is 7.88. The van der Waals surface area contributed by atoms with Gasteiger partial charge in [0.05, 0.1) is 31.5 Å². The van der Waals surface area contributed by atoms with Gasteiger partial charge in [-0.05, 0) is 27.2 Å². The molecule has 4 atom stereocenters. The quantitative estimate of drug-likeness (QED) is 0.631. The van der Waals surface area contributed by atoms with Crippen LogP contribution >= 0.6 is 0 Å². The standard InChI is InChI=1S/C23H34N2O5/c1-5-15(2)6-7-16(3)10-21-17(4)25(18-8-9-28-14-18)24-23(21)30-22-12-19(27)11-20(13-26)29-22/h5-7,18-20,22,26-27H,1,8-14H2,2-4H3/b15-6-,16-7+. The Bertz CT molecular complexity index is 792. The third kappa shape index (κ3) is 5.60. The van der Waals surface area contributed by atoms with Crippen LogP contribution in [0, 0.1) is 6.92 Å². The molecule has 0 saturated carbocycles. The fourth-order valence-electron chi connectivity index (χ4n) is 3.84. The Morgan fingerprint density at radius 2 is 2.13 bits per heavy atom. The lowest BCUT2D eigenvalue weighted by Gasteiger charge is -2.31. The van der Waals surface area contributed by atoms with E-state index in [1.165, 1.54) is 5.57 Å². The highest BCUT2D eigenvalue weighted by Gasteiger charge is 2.32. The van der Waals surface area contributed by atoms with Crippen molar-refractivity contribution in [3.8, 4) is 5.88 Å². The van der Waals surface area contributed by atoms with Gasteiger partial charge in [-0.1, -0.05) is 36.0 Å². The van der Waals surface area contributed by atoms with Crippen LogP contribution in [0.3, 0.4) is 0 Å². The van der Waals surface area contributed by atoms with Crippen LogP contribution < -0.4 is 4.74 Å². The normalized spacial score (nSPS) is 28.0. The van der Waals surface area contributed by atoms with E-state index < -0.39 is 18.5 Å². The lowest BCUT2D eigenvalue weighted by atomic mass is 10.0. The second kappa shape index (κ2) is 10.4. The molecule has 4 unspecified atom stereocenters.